The van der Waals surface area contributed by atoms with Crippen molar-refractivity contribution < 1.29 is 22.8 Å². The summed E-state index contributed by atoms with van der Waals surface area (Å²) >= 11 is 0. The molecule has 0 heterocycles. The van der Waals surface area contributed by atoms with E-state index in [1.807, 2.05) is 20.8 Å². The molecule has 0 aliphatic rings. The molecular weight excluding hydrogens is 371 g/mol. The first-order valence-corrected chi connectivity index (χ1v) is 8.53. The van der Waals surface area contributed by atoms with Crippen LogP contribution in [0.15, 0.2) is 48.5 Å². The molecule has 1 atom stereocenters. The summed E-state index contributed by atoms with van der Waals surface area (Å²) in [5, 5.41) is 5.19. The van der Waals surface area contributed by atoms with Gasteiger partial charge in [-0.25, -0.2) is 0 Å². The van der Waals surface area contributed by atoms with Crippen molar-refractivity contribution in [1.82, 2.24) is 0 Å². The van der Waals surface area contributed by atoms with Crippen molar-refractivity contribution in [3.63, 3.8) is 0 Å². The van der Waals surface area contributed by atoms with Gasteiger partial charge in [-0.15, -0.1) is 0 Å². The van der Waals surface area contributed by atoms with Crippen LogP contribution < -0.4 is 16.4 Å². The van der Waals surface area contributed by atoms with Gasteiger partial charge in [0, 0.05) is 16.9 Å². The van der Waals surface area contributed by atoms with E-state index in [1.165, 1.54) is 18.2 Å². The number of rotatable bonds is 4. The molecule has 2 amide bonds. The zero-order chi connectivity index (χ0) is 21.1. The molecule has 5 nitrogen and oxygen atoms in total. The van der Waals surface area contributed by atoms with E-state index in [0.29, 0.717) is 11.4 Å². The fraction of sp³-hybridized carbons (Fsp3) is 0.300. The zero-order valence-corrected chi connectivity index (χ0v) is 15.7. The number of nitrogens with one attached hydrogen (secondary N) is 2. The standard InChI is InChI=1S/C20H22F3N3O2/c1-19(2,3)16(24)18(28)26-15-9-5-8-14(11-15)25-17(27)12-6-4-7-13(10-12)20(21,22)23/h4-11,16H,24H2,1-3H3,(H,25,27)(H,26,28)/t16-/m1/s1. The van der Waals surface area contributed by atoms with E-state index in [2.05, 4.69) is 10.6 Å². The molecule has 0 aliphatic heterocycles. The molecule has 2 aromatic rings. The lowest BCUT2D eigenvalue weighted by atomic mass is 9.87. The van der Waals surface area contributed by atoms with E-state index in [4.69, 9.17) is 5.73 Å². The van der Waals surface area contributed by atoms with Crippen molar-refractivity contribution >= 4 is 23.2 Å². The van der Waals surface area contributed by atoms with Gasteiger partial charge in [0.1, 0.15) is 0 Å². The summed E-state index contributed by atoms with van der Waals surface area (Å²) in [4.78, 5) is 24.5. The largest absolute Gasteiger partial charge is 0.416 e. The number of hydrogen-bond acceptors (Lipinski definition) is 3. The van der Waals surface area contributed by atoms with Crippen LogP contribution in [0.2, 0.25) is 0 Å². The number of carbonyl (C=O) groups excluding carboxylic acids is 2. The minimum Gasteiger partial charge on any atom is -0.325 e. The summed E-state index contributed by atoms with van der Waals surface area (Å²) in [5.74, 6) is -1.07. The van der Waals surface area contributed by atoms with E-state index in [1.54, 1.807) is 18.2 Å². The van der Waals surface area contributed by atoms with E-state index in [0.717, 1.165) is 12.1 Å². The second kappa shape index (κ2) is 8.02. The van der Waals surface area contributed by atoms with Crippen LogP contribution in [-0.2, 0) is 11.0 Å². The van der Waals surface area contributed by atoms with Gasteiger partial charge in [-0.1, -0.05) is 32.9 Å². The number of halogens is 3. The fourth-order valence-corrected chi connectivity index (χ4v) is 2.33. The lowest BCUT2D eigenvalue weighted by Gasteiger charge is -2.25. The molecule has 0 aromatic heterocycles. The first-order valence-electron chi connectivity index (χ1n) is 8.53. The molecule has 2 aromatic carbocycles. The Morgan fingerprint density at radius 3 is 2.07 bits per heavy atom. The Hall–Kier alpha value is -2.87. The minimum absolute atomic E-state index is 0.126. The van der Waals surface area contributed by atoms with Crippen LogP contribution in [0.25, 0.3) is 0 Å². The number of nitrogens with two attached hydrogens (primary N) is 1. The number of anilines is 2. The Morgan fingerprint density at radius 1 is 0.929 bits per heavy atom. The Balaban J connectivity index is 2.13. The van der Waals surface area contributed by atoms with Gasteiger partial charge in [-0.05, 0) is 41.8 Å². The highest BCUT2D eigenvalue weighted by atomic mass is 19.4. The molecule has 0 unspecified atom stereocenters. The Bertz CT molecular complexity index is 873. The summed E-state index contributed by atoms with van der Waals surface area (Å²) in [6.07, 6.45) is -4.54. The van der Waals surface area contributed by atoms with Gasteiger partial charge < -0.3 is 16.4 Å². The summed E-state index contributed by atoms with van der Waals surface area (Å²) in [7, 11) is 0. The van der Waals surface area contributed by atoms with Crippen LogP contribution in [0.1, 0.15) is 36.7 Å². The van der Waals surface area contributed by atoms with Gasteiger partial charge in [0.05, 0.1) is 11.6 Å². The van der Waals surface area contributed by atoms with Crippen molar-refractivity contribution in [2.45, 2.75) is 33.0 Å². The monoisotopic (exact) mass is 393 g/mol. The highest BCUT2D eigenvalue weighted by Gasteiger charge is 2.31. The second-order valence-corrected chi connectivity index (χ2v) is 7.45. The van der Waals surface area contributed by atoms with E-state index in [-0.39, 0.29) is 11.5 Å². The molecule has 0 aliphatic carbocycles. The van der Waals surface area contributed by atoms with Gasteiger partial charge >= 0.3 is 6.18 Å². The molecule has 4 N–H and O–H groups in total. The molecule has 0 spiro atoms. The first-order chi connectivity index (χ1) is 12.9. The Kier molecular flexibility index (Phi) is 6.14. The smallest absolute Gasteiger partial charge is 0.325 e. The normalized spacial score (nSPS) is 13.0. The maximum Gasteiger partial charge on any atom is 0.416 e. The van der Waals surface area contributed by atoms with Gasteiger partial charge in [0.25, 0.3) is 5.91 Å². The van der Waals surface area contributed by atoms with Gasteiger partial charge in [0.2, 0.25) is 5.91 Å². The summed E-state index contributed by atoms with van der Waals surface area (Å²) < 4.78 is 38.4. The second-order valence-electron chi connectivity index (χ2n) is 7.45. The molecule has 2 rings (SSSR count). The number of hydrogen-bond donors (Lipinski definition) is 3. The third-order valence-corrected chi connectivity index (χ3v) is 4.06. The van der Waals surface area contributed by atoms with E-state index < -0.39 is 29.1 Å². The number of benzene rings is 2. The van der Waals surface area contributed by atoms with Crippen LogP contribution in [0.4, 0.5) is 24.5 Å². The van der Waals surface area contributed by atoms with Crippen LogP contribution in [-0.4, -0.2) is 17.9 Å². The van der Waals surface area contributed by atoms with Crippen molar-refractivity contribution in [3.8, 4) is 0 Å². The van der Waals surface area contributed by atoms with Crippen molar-refractivity contribution in [2.24, 2.45) is 11.1 Å². The SMILES string of the molecule is CC(C)(C)[C@H](N)C(=O)Nc1cccc(NC(=O)c2cccc(C(F)(F)F)c2)c1. The number of alkyl halides is 3. The third-order valence-electron chi connectivity index (χ3n) is 4.06. The average Bonchev–Trinajstić information content (AvgIpc) is 2.60. The quantitative estimate of drug-likeness (QED) is 0.725. The highest BCUT2D eigenvalue weighted by Crippen LogP contribution is 2.29. The predicted octanol–water partition coefficient (Wildman–Crippen LogP) is 4.27. The summed E-state index contributed by atoms with van der Waals surface area (Å²) in [6, 6.07) is 9.67. The Labute approximate surface area is 161 Å². The zero-order valence-electron chi connectivity index (χ0n) is 15.7. The van der Waals surface area contributed by atoms with Gasteiger partial charge in [0.15, 0.2) is 0 Å². The summed E-state index contributed by atoms with van der Waals surface area (Å²) in [5.41, 5.74) is 5.18. The molecule has 0 bridgehead atoms. The minimum atomic E-state index is -4.54. The highest BCUT2D eigenvalue weighted by molar-refractivity contribution is 6.05. The molecule has 150 valence electrons. The van der Waals surface area contributed by atoms with E-state index >= 15 is 0 Å². The Morgan fingerprint density at radius 2 is 1.50 bits per heavy atom. The third kappa shape index (κ3) is 5.56. The fourth-order valence-electron chi connectivity index (χ4n) is 2.33. The maximum absolute atomic E-state index is 12.8. The maximum atomic E-state index is 12.8. The van der Waals surface area contributed by atoms with Crippen LogP contribution >= 0.6 is 0 Å². The summed E-state index contributed by atoms with van der Waals surface area (Å²) in [6.45, 7) is 5.51. The van der Waals surface area contributed by atoms with Crippen molar-refractivity contribution in [3.05, 3.63) is 59.7 Å². The van der Waals surface area contributed by atoms with Crippen LogP contribution in [0.3, 0.4) is 0 Å². The molecule has 0 radical (unpaired) electrons. The van der Waals surface area contributed by atoms with Crippen LogP contribution in [0.5, 0.6) is 0 Å². The van der Waals surface area contributed by atoms with Gasteiger partial charge in [-0.2, -0.15) is 13.2 Å². The molecule has 0 fully saturated rings. The molecular formula is C20H22F3N3O2. The van der Waals surface area contributed by atoms with Crippen LogP contribution in [0, 0.1) is 5.41 Å². The topological polar surface area (TPSA) is 84.2 Å². The lowest BCUT2D eigenvalue weighted by molar-refractivity contribution is -0.137. The van der Waals surface area contributed by atoms with Gasteiger partial charge in [-0.3, -0.25) is 9.59 Å². The first kappa shape index (κ1) is 21.4. The van der Waals surface area contributed by atoms with E-state index in [9.17, 15) is 22.8 Å². The predicted molar refractivity (Wildman–Crippen MR) is 102 cm³/mol. The number of amides is 2. The average molecular weight is 393 g/mol. The lowest BCUT2D eigenvalue weighted by Crippen LogP contribution is -2.45. The van der Waals surface area contributed by atoms with Crippen molar-refractivity contribution in [1.29, 1.82) is 0 Å². The number of carbonyl (C=O) groups is 2. The molecule has 0 saturated heterocycles. The molecule has 8 heteroatoms. The molecule has 0 saturated carbocycles. The van der Waals surface area contributed by atoms with Crippen molar-refractivity contribution in [2.75, 3.05) is 10.6 Å². The molecule has 28 heavy (non-hydrogen) atoms.